The zero-order chi connectivity index (χ0) is 14.2. The summed E-state index contributed by atoms with van der Waals surface area (Å²) in [5.74, 6) is 5.24. The Morgan fingerprint density at radius 3 is 3.20 bits per heavy atom. The number of rotatable bonds is 5. The summed E-state index contributed by atoms with van der Waals surface area (Å²) >= 11 is 1.40. The van der Waals surface area contributed by atoms with Gasteiger partial charge in [-0.2, -0.15) is 5.10 Å². The third-order valence-electron chi connectivity index (χ3n) is 2.56. The average molecular weight is 289 g/mol. The average Bonchev–Trinajstić information content (AvgIpc) is 3.12. The summed E-state index contributed by atoms with van der Waals surface area (Å²) < 4.78 is 1.83. The van der Waals surface area contributed by atoms with E-state index in [1.807, 2.05) is 16.9 Å². The van der Waals surface area contributed by atoms with Crippen molar-refractivity contribution in [3.63, 3.8) is 0 Å². The second kappa shape index (κ2) is 7.48. The fourth-order valence-electron chi connectivity index (χ4n) is 1.63. The Hall–Kier alpha value is -2.10. The van der Waals surface area contributed by atoms with E-state index >= 15 is 0 Å². The first kappa shape index (κ1) is 14.3. The first-order chi connectivity index (χ1) is 9.79. The molecule has 0 aliphatic heterocycles. The van der Waals surface area contributed by atoms with Crippen LogP contribution in [0.4, 0.5) is 0 Å². The molecule has 0 saturated heterocycles. The molecule has 6 heteroatoms. The van der Waals surface area contributed by atoms with Gasteiger partial charge in [0.15, 0.2) is 0 Å². The number of carbonyl (C=O) groups excluding carboxylic acids is 1. The lowest BCUT2D eigenvalue weighted by molar-refractivity contribution is 0.0953. The number of thiophene rings is 1. The summed E-state index contributed by atoms with van der Waals surface area (Å²) in [4.78, 5) is 12.6. The van der Waals surface area contributed by atoms with Gasteiger partial charge in [0, 0.05) is 30.9 Å². The summed E-state index contributed by atoms with van der Waals surface area (Å²) in [7, 11) is 0. The van der Waals surface area contributed by atoms with Crippen LogP contribution in [0.15, 0.2) is 29.9 Å². The van der Waals surface area contributed by atoms with Gasteiger partial charge in [-0.1, -0.05) is 11.8 Å². The smallest absolute Gasteiger partial charge is 0.252 e. The highest BCUT2D eigenvalue weighted by atomic mass is 32.1. The van der Waals surface area contributed by atoms with E-state index in [0.29, 0.717) is 12.1 Å². The summed E-state index contributed by atoms with van der Waals surface area (Å²) in [6, 6.07) is 3.61. The van der Waals surface area contributed by atoms with Crippen molar-refractivity contribution in [3.8, 4) is 11.8 Å². The predicted octanol–water partition coefficient (Wildman–Crippen LogP) is 1.11. The van der Waals surface area contributed by atoms with E-state index in [4.69, 9.17) is 5.11 Å². The Bertz CT molecular complexity index is 608. The van der Waals surface area contributed by atoms with Crippen LogP contribution in [0.1, 0.15) is 21.7 Å². The van der Waals surface area contributed by atoms with Crippen LogP contribution in [0.2, 0.25) is 0 Å². The van der Waals surface area contributed by atoms with Crippen LogP contribution in [0, 0.1) is 11.8 Å². The van der Waals surface area contributed by atoms with Crippen LogP contribution in [0.5, 0.6) is 0 Å². The molecule has 2 aromatic heterocycles. The Kier molecular flexibility index (Phi) is 5.35. The topological polar surface area (TPSA) is 67.2 Å². The number of hydrogen-bond donors (Lipinski definition) is 2. The molecule has 0 radical (unpaired) electrons. The highest BCUT2D eigenvalue weighted by molar-refractivity contribution is 7.10. The lowest BCUT2D eigenvalue weighted by atomic mass is 10.3. The quantitative estimate of drug-likeness (QED) is 0.640. The second-order valence-corrected chi connectivity index (χ2v) is 4.95. The van der Waals surface area contributed by atoms with E-state index in [1.54, 1.807) is 17.6 Å². The molecule has 20 heavy (non-hydrogen) atoms. The Balaban J connectivity index is 1.75. The third-order valence-corrected chi connectivity index (χ3v) is 3.41. The van der Waals surface area contributed by atoms with Crippen LogP contribution in [0.3, 0.4) is 0 Å². The summed E-state index contributed by atoms with van der Waals surface area (Å²) in [5, 5.41) is 17.3. The van der Waals surface area contributed by atoms with Crippen molar-refractivity contribution < 1.29 is 9.90 Å². The van der Waals surface area contributed by atoms with Gasteiger partial charge in [-0.3, -0.25) is 9.48 Å². The highest BCUT2D eigenvalue weighted by Gasteiger charge is 2.07. The molecule has 0 fully saturated rings. The normalized spacial score (nSPS) is 9.85. The van der Waals surface area contributed by atoms with Crippen LogP contribution in [0.25, 0.3) is 0 Å². The van der Waals surface area contributed by atoms with Gasteiger partial charge in [0.1, 0.15) is 6.61 Å². The van der Waals surface area contributed by atoms with Gasteiger partial charge in [0.25, 0.3) is 5.91 Å². The monoisotopic (exact) mass is 289 g/mol. The molecule has 104 valence electrons. The maximum atomic E-state index is 11.9. The van der Waals surface area contributed by atoms with Crippen LogP contribution in [-0.2, 0) is 6.54 Å². The number of amides is 1. The minimum Gasteiger partial charge on any atom is -0.384 e. The molecular formula is C14H15N3O2S. The van der Waals surface area contributed by atoms with E-state index in [9.17, 15) is 4.79 Å². The number of nitrogens with zero attached hydrogens (tertiary/aromatic N) is 2. The molecule has 0 atom stereocenters. The minimum absolute atomic E-state index is 0.0984. The number of nitrogens with one attached hydrogen (secondary N) is 1. The van der Waals surface area contributed by atoms with Crippen molar-refractivity contribution >= 4 is 17.2 Å². The first-order valence-corrected chi connectivity index (χ1v) is 7.11. The molecule has 2 rings (SSSR count). The summed E-state index contributed by atoms with van der Waals surface area (Å²) in [6.45, 7) is 1.21. The number of carbonyl (C=O) groups is 1. The van der Waals surface area contributed by atoms with Gasteiger partial charge in [-0.15, -0.1) is 11.3 Å². The van der Waals surface area contributed by atoms with Crippen LogP contribution in [-0.4, -0.2) is 33.9 Å². The number of aromatic nitrogens is 2. The van der Waals surface area contributed by atoms with Crippen molar-refractivity contribution in [2.24, 2.45) is 0 Å². The number of aryl methyl sites for hydroxylation is 1. The van der Waals surface area contributed by atoms with Crippen molar-refractivity contribution in [2.45, 2.75) is 13.0 Å². The second-order valence-electron chi connectivity index (χ2n) is 4.04. The van der Waals surface area contributed by atoms with Gasteiger partial charge < -0.3 is 10.4 Å². The SMILES string of the molecule is O=C(NCCCn1cccn1)c1csc(C#CCO)c1. The number of hydrogen-bond acceptors (Lipinski definition) is 4. The number of aliphatic hydroxyl groups excluding tert-OH is 1. The van der Waals surface area contributed by atoms with E-state index < -0.39 is 0 Å². The molecule has 0 saturated carbocycles. The summed E-state index contributed by atoms with van der Waals surface area (Å²) in [6.07, 6.45) is 4.46. The predicted molar refractivity (Wildman–Crippen MR) is 77.5 cm³/mol. The molecule has 2 heterocycles. The Labute approximate surface area is 121 Å². The van der Waals surface area contributed by atoms with Gasteiger partial charge in [0.05, 0.1) is 10.4 Å². The largest absolute Gasteiger partial charge is 0.384 e. The molecule has 0 bridgehead atoms. The lowest BCUT2D eigenvalue weighted by Gasteiger charge is -2.03. The van der Waals surface area contributed by atoms with Crippen LogP contribution < -0.4 is 5.32 Å². The highest BCUT2D eigenvalue weighted by Crippen LogP contribution is 2.13. The minimum atomic E-state index is -0.174. The maximum Gasteiger partial charge on any atom is 0.252 e. The van der Waals surface area contributed by atoms with Crippen molar-refractivity contribution in [3.05, 3.63) is 40.3 Å². The van der Waals surface area contributed by atoms with Crippen molar-refractivity contribution in [1.82, 2.24) is 15.1 Å². The number of aliphatic hydroxyl groups is 1. The van der Waals surface area contributed by atoms with E-state index in [1.165, 1.54) is 11.3 Å². The zero-order valence-corrected chi connectivity index (χ0v) is 11.7. The van der Waals surface area contributed by atoms with E-state index in [-0.39, 0.29) is 12.5 Å². The Morgan fingerprint density at radius 2 is 2.45 bits per heavy atom. The first-order valence-electron chi connectivity index (χ1n) is 6.23. The van der Waals surface area contributed by atoms with E-state index in [2.05, 4.69) is 22.3 Å². The fraction of sp³-hybridized carbons (Fsp3) is 0.286. The molecule has 1 amide bonds. The molecule has 0 aliphatic carbocycles. The molecular weight excluding hydrogens is 274 g/mol. The molecule has 0 unspecified atom stereocenters. The zero-order valence-electron chi connectivity index (χ0n) is 10.9. The molecule has 0 aliphatic rings. The Morgan fingerprint density at radius 1 is 1.55 bits per heavy atom. The standard InChI is InChI=1S/C14H15N3O2S/c18-9-1-4-13-10-12(11-20-13)14(19)15-5-2-7-17-8-3-6-16-17/h3,6,8,10-11,18H,2,5,7,9H2,(H,15,19). The lowest BCUT2D eigenvalue weighted by Crippen LogP contribution is -2.24. The van der Waals surface area contributed by atoms with Gasteiger partial charge >= 0.3 is 0 Å². The molecule has 2 aromatic rings. The van der Waals surface area contributed by atoms with Gasteiger partial charge in [0.2, 0.25) is 0 Å². The van der Waals surface area contributed by atoms with Gasteiger partial charge in [-0.05, 0) is 18.6 Å². The van der Waals surface area contributed by atoms with Gasteiger partial charge in [-0.25, -0.2) is 0 Å². The molecule has 0 aromatic carbocycles. The van der Waals surface area contributed by atoms with Crippen molar-refractivity contribution in [2.75, 3.05) is 13.2 Å². The van der Waals surface area contributed by atoms with Crippen LogP contribution >= 0.6 is 11.3 Å². The summed E-state index contributed by atoms with van der Waals surface area (Å²) in [5.41, 5.74) is 0.608. The molecule has 0 spiro atoms. The third kappa shape index (κ3) is 4.23. The molecule has 5 nitrogen and oxygen atoms in total. The van der Waals surface area contributed by atoms with E-state index in [0.717, 1.165) is 17.8 Å². The molecule has 2 N–H and O–H groups in total. The fourth-order valence-corrected chi connectivity index (χ4v) is 2.38. The maximum absolute atomic E-state index is 11.9. The van der Waals surface area contributed by atoms with Crippen molar-refractivity contribution in [1.29, 1.82) is 0 Å².